The number of allylic oxidation sites excluding steroid dienone is 1. The minimum Gasteiger partial charge on any atom is -0.377 e. The lowest BCUT2D eigenvalue weighted by atomic mass is 9.89. The van der Waals surface area contributed by atoms with Gasteiger partial charge in [0.05, 0.1) is 6.10 Å². The molecule has 31 heavy (non-hydrogen) atoms. The molecule has 0 saturated carbocycles. The van der Waals surface area contributed by atoms with E-state index in [2.05, 4.69) is 32.9 Å². The lowest BCUT2D eigenvalue weighted by Gasteiger charge is -2.19. The van der Waals surface area contributed by atoms with Gasteiger partial charge in [-0.05, 0) is 25.7 Å². The van der Waals surface area contributed by atoms with Gasteiger partial charge in [-0.2, -0.15) is 0 Å². The molecule has 0 aromatic rings. The van der Waals surface area contributed by atoms with Gasteiger partial charge in [0, 0.05) is 7.11 Å². The Balaban J connectivity index is 3.93. The average molecular weight is 437 g/mol. The van der Waals surface area contributed by atoms with Crippen molar-refractivity contribution in [2.45, 2.75) is 168 Å². The van der Waals surface area contributed by atoms with E-state index in [-0.39, 0.29) is 0 Å². The SMILES string of the molecule is CC=CC(CCC(CCCCCCCCC)CCCCCCCCCCCCC)OC. The van der Waals surface area contributed by atoms with Crippen LogP contribution in [0, 0.1) is 5.92 Å². The number of hydrogen-bond acceptors (Lipinski definition) is 1. The van der Waals surface area contributed by atoms with E-state index >= 15 is 0 Å². The van der Waals surface area contributed by atoms with E-state index in [1.165, 1.54) is 141 Å². The molecule has 0 aliphatic carbocycles. The Morgan fingerprint density at radius 3 is 1.26 bits per heavy atom. The summed E-state index contributed by atoms with van der Waals surface area (Å²) in [5.41, 5.74) is 0. The highest BCUT2D eigenvalue weighted by molar-refractivity contribution is 4.86. The first kappa shape index (κ1) is 30.7. The molecule has 0 amide bonds. The average Bonchev–Trinajstić information content (AvgIpc) is 2.78. The minimum absolute atomic E-state index is 0.318. The Kier molecular flexibility index (Phi) is 25.7. The third-order valence-corrected chi connectivity index (χ3v) is 7.00. The monoisotopic (exact) mass is 436 g/mol. The number of rotatable bonds is 25. The van der Waals surface area contributed by atoms with Crippen LogP contribution in [-0.2, 0) is 4.74 Å². The van der Waals surface area contributed by atoms with Gasteiger partial charge < -0.3 is 4.74 Å². The highest BCUT2D eigenvalue weighted by Gasteiger charge is 2.12. The van der Waals surface area contributed by atoms with Gasteiger partial charge in [-0.25, -0.2) is 0 Å². The van der Waals surface area contributed by atoms with Crippen molar-refractivity contribution in [3.63, 3.8) is 0 Å². The molecule has 1 nitrogen and oxygen atoms in total. The fourth-order valence-corrected chi connectivity index (χ4v) is 4.83. The minimum atomic E-state index is 0.318. The molecule has 0 saturated heterocycles. The molecular weight excluding hydrogens is 376 g/mol. The van der Waals surface area contributed by atoms with E-state index < -0.39 is 0 Å². The second-order valence-electron chi connectivity index (χ2n) is 9.98. The summed E-state index contributed by atoms with van der Waals surface area (Å²) in [4.78, 5) is 0. The Hall–Kier alpha value is -0.300. The highest BCUT2D eigenvalue weighted by Crippen LogP contribution is 2.25. The summed E-state index contributed by atoms with van der Waals surface area (Å²) < 4.78 is 5.65. The van der Waals surface area contributed by atoms with Crippen LogP contribution in [0.15, 0.2) is 12.2 Å². The van der Waals surface area contributed by atoms with Crippen molar-refractivity contribution < 1.29 is 4.74 Å². The number of hydrogen-bond donors (Lipinski definition) is 0. The third-order valence-electron chi connectivity index (χ3n) is 7.00. The summed E-state index contributed by atoms with van der Waals surface area (Å²) in [5.74, 6) is 0.914. The summed E-state index contributed by atoms with van der Waals surface area (Å²) in [7, 11) is 1.86. The predicted octanol–water partition coefficient (Wildman–Crippen LogP) is 10.8. The quantitative estimate of drug-likeness (QED) is 0.102. The van der Waals surface area contributed by atoms with Crippen LogP contribution in [0.1, 0.15) is 162 Å². The number of ether oxygens (including phenoxy) is 1. The summed E-state index contributed by atoms with van der Waals surface area (Å²) in [6, 6.07) is 0. The van der Waals surface area contributed by atoms with Crippen LogP contribution in [0.2, 0.25) is 0 Å². The van der Waals surface area contributed by atoms with Crippen LogP contribution in [0.3, 0.4) is 0 Å². The molecule has 1 heteroatoms. The molecule has 2 unspecified atom stereocenters. The van der Waals surface area contributed by atoms with Crippen molar-refractivity contribution in [1.82, 2.24) is 0 Å². The van der Waals surface area contributed by atoms with Gasteiger partial charge >= 0.3 is 0 Å². The maximum Gasteiger partial charge on any atom is 0.0752 e. The van der Waals surface area contributed by atoms with Crippen LogP contribution in [0.5, 0.6) is 0 Å². The van der Waals surface area contributed by atoms with E-state index in [0.29, 0.717) is 6.10 Å². The predicted molar refractivity (Wildman–Crippen MR) is 142 cm³/mol. The first-order valence-corrected chi connectivity index (χ1v) is 14.4. The van der Waals surface area contributed by atoms with Crippen molar-refractivity contribution in [2.75, 3.05) is 7.11 Å². The van der Waals surface area contributed by atoms with Crippen molar-refractivity contribution >= 4 is 0 Å². The molecule has 0 spiro atoms. The molecular formula is C30H60O. The summed E-state index contributed by atoms with van der Waals surface area (Å²) >= 11 is 0. The number of methoxy groups -OCH3 is 1. The van der Waals surface area contributed by atoms with Gasteiger partial charge in [0.15, 0.2) is 0 Å². The van der Waals surface area contributed by atoms with Crippen LogP contribution in [0.25, 0.3) is 0 Å². The van der Waals surface area contributed by atoms with Crippen LogP contribution >= 0.6 is 0 Å². The molecule has 0 fully saturated rings. The molecule has 186 valence electrons. The lowest BCUT2D eigenvalue weighted by molar-refractivity contribution is 0.124. The van der Waals surface area contributed by atoms with E-state index in [1.54, 1.807) is 0 Å². The Morgan fingerprint density at radius 2 is 0.903 bits per heavy atom. The van der Waals surface area contributed by atoms with Crippen LogP contribution in [0.4, 0.5) is 0 Å². The summed E-state index contributed by atoms with van der Waals surface area (Å²) in [5, 5.41) is 0. The van der Waals surface area contributed by atoms with Gasteiger partial charge in [-0.3, -0.25) is 0 Å². The molecule has 0 aromatic carbocycles. The first-order chi connectivity index (χ1) is 15.3. The maximum atomic E-state index is 5.65. The topological polar surface area (TPSA) is 9.23 Å². The van der Waals surface area contributed by atoms with Crippen molar-refractivity contribution in [3.05, 3.63) is 12.2 Å². The second-order valence-corrected chi connectivity index (χ2v) is 9.98. The van der Waals surface area contributed by atoms with Crippen LogP contribution in [-0.4, -0.2) is 13.2 Å². The van der Waals surface area contributed by atoms with Crippen molar-refractivity contribution in [3.8, 4) is 0 Å². The zero-order valence-electron chi connectivity index (χ0n) is 22.3. The van der Waals surface area contributed by atoms with Gasteiger partial charge in [0.25, 0.3) is 0 Å². The molecule has 0 aliphatic rings. The zero-order valence-corrected chi connectivity index (χ0v) is 22.3. The van der Waals surface area contributed by atoms with Gasteiger partial charge in [-0.1, -0.05) is 154 Å². The smallest absolute Gasteiger partial charge is 0.0752 e. The van der Waals surface area contributed by atoms with E-state index in [0.717, 1.165) is 5.92 Å². The van der Waals surface area contributed by atoms with Gasteiger partial charge in [-0.15, -0.1) is 0 Å². The molecule has 0 aliphatic heterocycles. The summed E-state index contributed by atoms with van der Waals surface area (Å²) in [6.07, 6.45) is 36.0. The summed E-state index contributed by atoms with van der Waals surface area (Å²) in [6.45, 7) is 6.71. The first-order valence-electron chi connectivity index (χ1n) is 14.4. The fourth-order valence-electron chi connectivity index (χ4n) is 4.83. The maximum absolute atomic E-state index is 5.65. The van der Waals surface area contributed by atoms with Crippen molar-refractivity contribution in [2.24, 2.45) is 5.92 Å². The second kappa shape index (κ2) is 26.0. The Labute approximate surface area is 198 Å². The lowest BCUT2D eigenvalue weighted by Crippen LogP contribution is -2.10. The van der Waals surface area contributed by atoms with E-state index in [4.69, 9.17) is 4.74 Å². The highest BCUT2D eigenvalue weighted by atomic mass is 16.5. The number of unbranched alkanes of at least 4 members (excludes halogenated alkanes) is 16. The normalized spacial score (nSPS) is 13.8. The molecule has 0 rings (SSSR count). The Morgan fingerprint density at radius 1 is 0.516 bits per heavy atom. The molecule has 0 aromatic heterocycles. The standard InChI is InChI=1S/C30H60O/c1-5-8-10-12-14-15-16-17-19-21-23-26-29(27-28-30(31-4)24-7-3)25-22-20-18-13-11-9-6-2/h7,24,29-30H,5-6,8-23,25-28H2,1-4H3. The third kappa shape index (κ3) is 22.7. The molecule has 0 heterocycles. The fraction of sp³-hybridized carbons (Fsp3) is 0.933. The zero-order chi connectivity index (χ0) is 22.8. The molecule has 0 N–H and O–H groups in total. The molecule has 0 radical (unpaired) electrons. The van der Waals surface area contributed by atoms with E-state index in [1.807, 2.05) is 7.11 Å². The van der Waals surface area contributed by atoms with Crippen LogP contribution < -0.4 is 0 Å². The van der Waals surface area contributed by atoms with E-state index in [9.17, 15) is 0 Å². The molecule has 0 bridgehead atoms. The Bertz CT molecular complexity index is 348. The van der Waals surface area contributed by atoms with Crippen molar-refractivity contribution in [1.29, 1.82) is 0 Å². The largest absolute Gasteiger partial charge is 0.377 e. The van der Waals surface area contributed by atoms with Gasteiger partial charge in [0.1, 0.15) is 0 Å². The molecule has 2 atom stereocenters. The van der Waals surface area contributed by atoms with Gasteiger partial charge in [0.2, 0.25) is 0 Å².